The molecule has 1 heterocycles. The van der Waals surface area contributed by atoms with Gasteiger partial charge in [-0.25, -0.2) is 9.59 Å². The monoisotopic (exact) mass is 780 g/mol. The highest BCUT2D eigenvalue weighted by Crippen LogP contribution is 2.49. The van der Waals surface area contributed by atoms with Crippen LogP contribution in [0.4, 0.5) is 10.5 Å². The first-order chi connectivity index (χ1) is 27.3. The molecule has 1 amide bonds. The maximum atomic E-state index is 14.5. The van der Waals surface area contributed by atoms with Crippen LogP contribution in [0.15, 0.2) is 97.1 Å². The van der Waals surface area contributed by atoms with Crippen LogP contribution >= 0.6 is 0 Å². The molecule has 2 unspecified atom stereocenters. The fraction of sp³-hybridized carbons (Fsp3) is 0.386. The van der Waals surface area contributed by atoms with Gasteiger partial charge in [0.25, 0.3) is 11.5 Å². The third-order valence-corrected chi connectivity index (χ3v) is 10.4. The van der Waals surface area contributed by atoms with Crippen molar-refractivity contribution in [1.82, 2.24) is 5.32 Å². The molecule has 0 bridgehead atoms. The normalized spacial score (nSPS) is 18.9. The number of carbonyl (C=O) groups is 3. The van der Waals surface area contributed by atoms with Crippen LogP contribution in [0.2, 0.25) is 0 Å². The average Bonchev–Trinajstić information content (AvgIpc) is 3.52. The highest BCUT2D eigenvalue weighted by molar-refractivity contribution is 5.81. The van der Waals surface area contributed by atoms with Crippen LogP contribution in [0.5, 0.6) is 5.75 Å². The summed E-state index contributed by atoms with van der Waals surface area (Å²) in [5.41, 5.74) is 4.05. The number of nitro groups is 1. The Labute approximate surface area is 331 Å². The van der Waals surface area contributed by atoms with Gasteiger partial charge >= 0.3 is 18.0 Å². The van der Waals surface area contributed by atoms with Crippen LogP contribution in [0.1, 0.15) is 81.2 Å². The Bertz CT molecular complexity index is 2040. The van der Waals surface area contributed by atoms with E-state index >= 15 is 0 Å². The smallest absolute Gasteiger partial charge is 0.407 e. The Balaban J connectivity index is 1.24. The molecule has 57 heavy (non-hydrogen) atoms. The standard InChI is InChI=1S/C44H48N2O11/c1-28(2)39(45-42(50)55-26-36-33-15-7-5-13-31(33)32-14-6-8-16-34(32)36)44(56-27-43(3,4)40(57-44)35-17-9-10-18-37(35)46(51)52)41(49)54-25-29-20-22-30(23-21-29)53-24-12-11-19-38(47)48/h5-10,13-18,20-23,28,36,39-40H,11-12,19,24-27H2,1-4H3,(H,45,50)(H,47,48)/t39-,40?,44?/m0/s1. The Morgan fingerprint density at radius 3 is 2.11 bits per heavy atom. The molecule has 4 aromatic carbocycles. The molecule has 3 atom stereocenters. The zero-order valence-corrected chi connectivity index (χ0v) is 32.5. The minimum Gasteiger partial charge on any atom is -0.494 e. The number of hydrogen-bond acceptors (Lipinski definition) is 10. The summed E-state index contributed by atoms with van der Waals surface area (Å²) >= 11 is 0. The number of nitrogens with zero attached hydrogens (tertiary/aromatic N) is 1. The predicted molar refractivity (Wildman–Crippen MR) is 209 cm³/mol. The maximum Gasteiger partial charge on any atom is 0.407 e. The summed E-state index contributed by atoms with van der Waals surface area (Å²) in [4.78, 5) is 50.8. The number of amides is 1. The molecule has 2 N–H and O–H groups in total. The van der Waals surface area contributed by atoms with Gasteiger partial charge in [-0.1, -0.05) is 100 Å². The maximum absolute atomic E-state index is 14.5. The SMILES string of the molecule is CC(C)[C@H](NC(=O)OCC1c2ccccc2-c2ccccc21)C1(C(=O)OCc2ccc(OCCCCC(=O)O)cc2)OCC(C)(C)C(c2ccccc2[N+](=O)[O-])O1. The molecule has 0 aromatic heterocycles. The number of carboxylic acids is 1. The molecular formula is C44H48N2O11. The molecule has 0 spiro atoms. The third kappa shape index (κ3) is 9.11. The van der Waals surface area contributed by atoms with Gasteiger partial charge in [0.05, 0.1) is 23.7 Å². The van der Waals surface area contributed by atoms with Gasteiger partial charge in [0.2, 0.25) is 0 Å². The zero-order chi connectivity index (χ0) is 40.7. The molecule has 6 rings (SSSR count). The van der Waals surface area contributed by atoms with Gasteiger partial charge in [-0.2, -0.15) is 0 Å². The summed E-state index contributed by atoms with van der Waals surface area (Å²) in [5, 5.41) is 23.9. The highest BCUT2D eigenvalue weighted by Gasteiger charge is 2.60. The lowest BCUT2D eigenvalue weighted by atomic mass is 9.80. The minimum absolute atomic E-state index is 0.0255. The minimum atomic E-state index is -2.25. The third-order valence-electron chi connectivity index (χ3n) is 10.4. The van der Waals surface area contributed by atoms with E-state index in [-0.39, 0.29) is 43.4 Å². The molecule has 2 aliphatic rings. The average molecular weight is 781 g/mol. The molecule has 0 saturated carbocycles. The number of nitrogens with one attached hydrogen (secondary N) is 1. The van der Waals surface area contributed by atoms with E-state index in [2.05, 4.69) is 5.32 Å². The van der Waals surface area contributed by atoms with Gasteiger partial charge in [0, 0.05) is 23.8 Å². The number of carbonyl (C=O) groups excluding carboxylic acids is 2. The van der Waals surface area contributed by atoms with Crippen molar-refractivity contribution in [2.24, 2.45) is 11.3 Å². The molecule has 1 aliphatic heterocycles. The fourth-order valence-corrected chi connectivity index (χ4v) is 7.46. The Kier molecular flexibility index (Phi) is 12.6. The number of fused-ring (bicyclic) bond motifs is 3. The lowest BCUT2D eigenvalue weighted by molar-refractivity contribution is -0.389. The van der Waals surface area contributed by atoms with E-state index in [0.29, 0.717) is 30.8 Å². The summed E-state index contributed by atoms with van der Waals surface area (Å²) in [6, 6.07) is 27.9. The number of unbranched alkanes of at least 4 members (excludes halogenated alkanes) is 1. The molecule has 0 radical (unpaired) electrons. The Hall–Kier alpha value is -5.79. The van der Waals surface area contributed by atoms with Crippen molar-refractivity contribution in [2.75, 3.05) is 19.8 Å². The van der Waals surface area contributed by atoms with E-state index in [0.717, 1.165) is 22.3 Å². The largest absolute Gasteiger partial charge is 0.494 e. The van der Waals surface area contributed by atoms with Crippen LogP contribution in [0, 0.1) is 21.4 Å². The number of carboxylic acid groups (broad SMARTS) is 1. The van der Waals surface area contributed by atoms with E-state index in [4.69, 9.17) is 28.8 Å². The van der Waals surface area contributed by atoms with Crippen LogP contribution in [0.25, 0.3) is 11.1 Å². The number of ether oxygens (including phenoxy) is 5. The number of benzene rings is 4. The second-order valence-electron chi connectivity index (χ2n) is 15.4. The first kappa shape index (κ1) is 40.9. The van der Waals surface area contributed by atoms with Gasteiger partial charge in [0.1, 0.15) is 31.1 Å². The van der Waals surface area contributed by atoms with Crippen molar-refractivity contribution in [2.45, 2.75) is 77.4 Å². The van der Waals surface area contributed by atoms with Crippen molar-refractivity contribution in [1.29, 1.82) is 0 Å². The number of alkyl carbamates (subject to hydrolysis) is 1. The molecule has 300 valence electrons. The van der Waals surface area contributed by atoms with Gasteiger partial charge in [-0.15, -0.1) is 0 Å². The van der Waals surface area contributed by atoms with Gasteiger partial charge in [0.15, 0.2) is 0 Å². The molecule has 1 saturated heterocycles. The van der Waals surface area contributed by atoms with Crippen LogP contribution < -0.4 is 10.1 Å². The number of nitro benzene ring substituents is 1. The second kappa shape index (κ2) is 17.6. The fourth-order valence-electron chi connectivity index (χ4n) is 7.46. The van der Waals surface area contributed by atoms with Gasteiger partial charge in [-0.05, 0) is 64.8 Å². The van der Waals surface area contributed by atoms with Crippen molar-refractivity contribution in [3.05, 3.63) is 129 Å². The highest BCUT2D eigenvalue weighted by atomic mass is 16.7. The van der Waals surface area contributed by atoms with Crippen molar-refractivity contribution < 1.29 is 48.1 Å². The molecule has 1 aliphatic carbocycles. The van der Waals surface area contributed by atoms with Gasteiger partial charge < -0.3 is 34.1 Å². The van der Waals surface area contributed by atoms with E-state index in [1.54, 1.807) is 56.3 Å². The van der Waals surface area contributed by atoms with E-state index in [1.165, 1.54) is 6.07 Å². The molecule has 13 heteroatoms. The number of para-hydroxylation sites is 1. The van der Waals surface area contributed by atoms with Crippen molar-refractivity contribution in [3.63, 3.8) is 0 Å². The molecule has 1 fully saturated rings. The van der Waals surface area contributed by atoms with E-state index in [9.17, 15) is 24.5 Å². The van der Waals surface area contributed by atoms with Gasteiger partial charge in [-0.3, -0.25) is 14.9 Å². The van der Waals surface area contributed by atoms with Crippen LogP contribution in [0.3, 0.4) is 0 Å². The number of esters is 1. The van der Waals surface area contributed by atoms with Crippen molar-refractivity contribution in [3.8, 4) is 16.9 Å². The summed E-state index contributed by atoms with van der Waals surface area (Å²) in [6.45, 7) is 7.33. The van der Waals surface area contributed by atoms with Crippen molar-refractivity contribution >= 4 is 23.7 Å². The Morgan fingerprint density at radius 1 is 0.877 bits per heavy atom. The van der Waals surface area contributed by atoms with E-state index in [1.807, 2.05) is 62.4 Å². The summed E-state index contributed by atoms with van der Waals surface area (Å²) in [5.74, 6) is -4.16. The Morgan fingerprint density at radius 2 is 1.49 bits per heavy atom. The molecule has 13 nitrogen and oxygen atoms in total. The first-order valence-corrected chi connectivity index (χ1v) is 19.1. The zero-order valence-electron chi connectivity index (χ0n) is 32.5. The van der Waals surface area contributed by atoms with Crippen LogP contribution in [-0.4, -0.2) is 59.7 Å². The summed E-state index contributed by atoms with van der Waals surface area (Å²) < 4.78 is 30.6. The number of aliphatic carboxylic acids is 1. The lowest BCUT2D eigenvalue weighted by Gasteiger charge is -2.50. The topological polar surface area (TPSA) is 173 Å². The quantitative estimate of drug-likeness (QED) is 0.0484. The number of hydrogen-bond donors (Lipinski definition) is 2. The number of rotatable bonds is 16. The summed E-state index contributed by atoms with van der Waals surface area (Å²) in [7, 11) is 0. The predicted octanol–water partition coefficient (Wildman–Crippen LogP) is 8.35. The second-order valence-corrected chi connectivity index (χ2v) is 15.4. The lowest BCUT2D eigenvalue weighted by Crippen LogP contribution is -2.67. The molecular weight excluding hydrogens is 732 g/mol. The first-order valence-electron chi connectivity index (χ1n) is 19.1. The molecule has 4 aromatic rings. The summed E-state index contributed by atoms with van der Waals surface area (Å²) in [6.07, 6.45) is -0.683. The van der Waals surface area contributed by atoms with Crippen LogP contribution in [-0.2, 0) is 35.1 Å². The van der Waals surface area contributed by atoms with E-state index < -0.39 is 52.2 Å².